The highest BCUT2D eigenvalue weighted by atomic mass is 16.5. The number of rotatable bonds is 5. The van der Waals surface area contributed by atoms with E-state index in [1.165, 1.54) is 0 Å². The van der Waals surface area contributed by atoms with Gasteiger partial charge in [-0.3, -0.25) is 4.79 Å². The van der Waals surface area contributed by atoms with Crippen molar-refractivity contribution in [1.82, 2.24) is 10.2 Å². The summed E-state index contributed by atoms with van der Waals surface area (Å²) >= 11 is 0. The van der Waals surface area contributed by atoms with Crippen LogP contribution in [0.15, 0.2) is 0 Å². The topological polar surface area (TPSA) is 41.6 Å². The number of nitrogens with one attached hydrogen (secondary N) is 1. The first kappa shape index (κ1) is 14.5. The third-order valence-corrected chi connectivity index (χ3v) is 3.48. The van der Waals surface area contributed by atoms with Gasteiger partial charge in [0.15, 0.2) is 0 Å². The van der Waals surface area contributed by atoms with Gasteiger partial charge in [0.1, 0.15) is 0 Å². The van der Waals surface area contributed by atoms with E-state index < -0.39 is 0 Å². The summed E-state index contributed by atoms with van der Waals surface area (Å²) in [6.45, 7) is 9.49. The van der Waals surface area contributed by atoms with E-state index in [0.717, 1.165) is 26.1 Å². The normalized spacial score (nSPS) is 26.6. The van der Waals surface area contributed by atoms with Crippen molar-refractivity contribution in [3.63, 3.8) is 0 Å². The molecule has 0 aromatic heterocycles. The van der Waals surface area contributed by atoms with Crippen molar-refractivity contribution in [3.05, 3.63) is 0 Å². The molecule has 0 aromatic carbocycles. The molecule has 17 heavy (non-hydrogen) atoms. The van der Waals surface area contributed by atoms with E-state index in [9.17, 15) is 4.79 Å². The molecule has 0 bridgehead atoms. The molecular weight excluding hydrogens is 216 g/mol. The quantitative estimate of drug-likeness (QED) is 0.785. The summed E-state index contributed by atoms with van der Waals surface area (Å²) in [7, 11) is 1.68. The number of piperidine rings is 1. The summed E-state index contributed by atoms with van der Waals surface area (Å²) < 4.78 is 5.14. The number of methoxy groups -OCH3 is 1. The van der Waals surface area contributed by atoms with Gasteiger partial charge in [0.2, 0.25) is 5.91 Å². The average Bonchev–Trinajstić information content (AvgIpc) is 2.30. The van der Waals surface area contributed by atoms with Crippen LogP contribution in [0.25, 0.3) is 0 Å². The molecule has 0 spiro atoms. The highest BCUT2D eigenvalue weighted by Crippen LogP contribution is 2.19. The summed E-state index contributed by atoms with van der Waals surface area (Å²) in [5, 5.41) is 3.34. The Bertz CT molecular complexity index is 246. The summed E-state index contributed by atoms with van der Waals surface area (Å²) in [4.78, 5) is 14.4. The Morgan fingerprint density at radius 1 is 1.53 bits per heavy atom. The second kappa shape index (κ2) is 6.97. The van der Waals surface area contributed by atoms with Gasteiger partial charge in [-0.2, -0.15) is 0 Å². The Morgan fingerprint density at radius 2 is 2.24 bits per heavy atom. The molecule has 0 saturated carbocycles. The van der Waals surface area contributed by atoms with E-state index in [0.29, 0.717) is 12.5 Å². The van der Waals surface area contributed by atoms with Crippen molar-refractivity contribution in [2.45, 2.75) is 33.2 Å². The number of likely N-dealkylation sites (N-methyl/N-ethyl adjacent to an activating group) is 1. The molecule has 1 aliphatic rings. The lowest BCUT2D eigenvalue weighted by Crippen LogP contribution is -2.49. The number of carbonyl (C=O) groups excluding carboxylic acids is 1. The first-order chi connectivity index (χ1) is 8.10. The van der Waals surface area contributed by atoms with Gasteiger partial charge < -0.3 is 15.0 Å². The SMILES string of the molecule is CCN(C(=O)C1CNCC(C)C1)C(C)COC. The van der Waals surface area contributed by atoms with Crippen LogP contribution < -0.4 is 5.32 Å². The maximum atomic E-state index is 12.4. The van der Waals surface area contributed by atoms with Crippen molar-refractivity contribution < 1.29 is 9.53 Å². The van der Waals surface area contributed by atoms with Gasteiger partial charge in [0.25, 0.3) is 0 Å². The first-order valence-corrected chi connectivity index (χ1v) is 6.60. The number of carbonyl (C=O) groups is 1. The largest absolute Gasteiger partial charge is 0.383 e. The van der Waals surface area contributed by atoms with Gasteiger partial charge in [-0.15, -0.1) is 0 Å². The van der Waals surface area contributed by atoms with Crippen LogP contribution in [0.4, 0.5) is 0 Å². The summed E-state index contributed by atoms with van der Waals surface area (Å²) in [6, 6.07) is 0.162. The zero-order chi connectivity index (χ0) is 12.8. The van der Waals surface area contributed by atoms with E-state index in [1.807, 2.05) is 18.7 Å². The van der Waals surface area contributed by atoms with E-state index in [1.54, 1.807) is 7.11 Å². The fraction of sp³-hybridized carbons (Fsp3) is 0.923. The zero-order valence-electron chi connectivity index (χ0n) is 11.5. The van der Waals surface area contributed by atoms with Gasteiger partial charge in [-0.1, -0.05) is 6.92 Å². The molecule has 1 heterocycles. The van der Waals surface area contributed by atoms with Crippen LogP contribution in [0.2, 0.25) is 0 Å². The lowest BCUT2D eigenvalue weighted by atomic mass is 9.90. The second-order valence-corrected chi connectivity index (χ2v) is 5.12. The lowest BCUT2D eigenvalue weighted by molar-refractivity contribution is -0.139. The minimum Gasteiger partial charge on any atom is -0.383 e. The molecule has 3 unspecified atom stereocenters. The molecule has 1 fully saturated rings. The number of hydrogen-bond acceptors (Lipinski definition) is 3. The fourth-order valence-electron chi connectivity index (χ4n) is 2.59. The molecule has 100 valence electrons. The molecule has 1 saturated heterocycles. The van der Waals surface area contributed by atoms with E-state index in [2.05, 4.69) is 12.2 Å². The average molecular weight is 242 g/mol. The maximum Gasteiger partial charge on any atom is 0.227 e. The van der Waals surface area contributed by atoms with Crippen LogP contribution in [0.1, 0.15) is 27.2 Å². The number of nitrogens with zero attached hydrogens (tertiary/aromatic N) is 1. The molecule has 1 amide bonds. The molecule has 0 aromatic rings. The highest BCUT2D eigenvalue weighted by Gasteiger charge is 2.29. The van der Waals surface area contributed by atoms with Crippen molar-refractivity contribution in [2.24, 2.45) is 11.8 Å². The summed E-state index contributed by atoms with van der Waals surface area (Å²) in [6.07, 6.45) is 1.00. The van der Waals surface area contributed by atoms with Gasteiger partial charge in [-0.05, 0) is 32.7 Å². The molecule has 0 radical (unpaired) electrons. The highest BCUT2D eigenvalue weighted by molar-refractivity contribution is 5.79. The van der Waals surface area contributed by atoms with Gasteiger partial charge in [0.05, 0.1) is 18.6 Å². The lowest BCUT2D eigenvalue weighted by Gasteiger charge is -2.34. The maximum absolute atomic E-state index is 12.4. The predicted molar refractivity (Wildman–Crippen MR) is 68.9 cm³/mol. The molecule has 3 atom stereocenters. The van der Waals surface area contributed by atoms with Crippen molar-refractivity contribution in [3.8, 4) is 0 Å². The Kier molecular flexibility index (Phi) is 5.92. The fourth-order valence-corrected chi connectivity index (χ4v) is 2.59. The van der Waals surface area contributed by atoms with Gasteiger partial charge in [-0.25, -0.2) is 0 Å². The summed E-state index contributed by atoms with van der Waals surface area (Å²) in [5.74, 6) is 1.00. The van der Waals surface area contributed by atoms with Crippen molar-refractivity contribution in [1.29, 1.82) is 0 Å². The molecule has 0 aliphatic carbocycles. The smallest absolute Gasteiger partial charge is 0.227 e. The number of hydrogen-bond donors (Lipinski definition) is 1. The van der Waals surface area contributed by atoms with Crippen LogP contribution in [-0.4, -0.2) is 50.2 Å². The molecule has 1 rings (SSSR count). The Morgan fingerprint density at radius 3 is 2.76 bits per heavy atom. The Balaban J connectivity index is 2.58. The van der Waals surface area contributed by atoms with Gasteiger partial charge in [0, 0.05) is 20.2 Å². The molecular formula is C13H26N2O2. The zero-order valence-corrected chi connectivity index (χ0v) is 11.5. The van der Waals surface area contributed by atoms with Crippen LogP contribution in [0.3, 0.4) is 0 Å². The third-order valence-electron chi connectivity index (χ3n) is 3.48. The van der Waals surface area contributed by atoms with E-state index in [-0.39, 0.29) is 17.9 Å². The van der Waals surface area contributed by atoms with E-state index in [4.69, 9.17) is 4.74 Å². The molecule has 4 nitrogen and oxygen atoms in total. The van der Waals surface area contributed by atoms with Crippen molar-refractivity contribution >= 4 is 5.91 Å². The number of ether oxygens (including phenoxy) is 1. The second-order valence-electron chi connectivity index (χ2n) is 5.12. The molecule has 1 N–H and O–H groups in total. The minimum atomic E-state index is 0.137. The summed E-state index contributed by atoms with van der Waals surface area (Å²) in [5.41, 5.74) is 0. The number of amides is 1. The van der Waals surface area contributed by atoms with Crippen molar-refractivity contribution in [2.75, 3.05) is 33.4 Å². The monoisotopic (exact) mass is 242 g/mol. The van der Waals surface area contributed by atoms with Crippen LogP contribution in [-0.2, 0) is 9.53 Å². The van der Waals surface area contributed by atoms with Crippen LogP contribution in [0, 0.1) is 11.8 Å². The standard InChI is InChI=1S/C13H26N2O2/c1-5-15(11(3)9-17-4)13(16)12-6-10(2)7-14-8-12/h10-12,14H,5-9H2,1-4H3. The predicted octanol–water partition coefficient (Wildman–Crippen LogP) is 1.12. The molecule has 1 aliphatic heterocycles. The first-order valence-electron chi connectivity index (χ1n) is 6.60. The Labute approximate surface area is 105 Å². The third kappa shape index (κ3) is 3.96. The van der Waals surface area contributed by atoms with E-state index >= 15 is 0 Å². The van der Waals surface area contributed by atoms with Crippen LogP contribution >= 0.6 is 0 Å². The minimum absolute atomic E-state index is 0.137. The Hall–Kier alpha value is -0.610. The molecule has 4 heteroatoms. The van der Waals surface area contributed by atoms with Crippen LogP contribution in [0.5, 0.6) is 0 Å². The van der Waals surface area contributed by atoms with Gasteiger partial charge >= 0.3 is 0 Å².